The molecule has 0 atom stereocenters. The lowest BCUT2D eigenvalue weighted by molar-refractivity contribution is 1.02. The third kappa shape index (κ3) is 4.40. The van der Waals surface area contributed by atoms with Crippen molar-refractivity contribution in [3.05, 3.63) is 29.8 Å². The van der Waals surface area contributed by atoms with E-state index >= 15 is 0 Å². The van der Waals surface area contributed by atoms with Crippen LogP contribution in [0.4, 0.5) is 5.69 Å². The zero-order valence-corrected chi connectivity index (χ0v) is 10.7. The van der Waals surface area contributed by atoms with Crippen molar-refractivity contribution in [1.82, 2.24) is 5.43 Å². The highest BCUT2D eigenvalue weighted by Gasteiger charge is 1.95. The molecule has 1 aromatic rings. The van der Waals surface area contributed by atoms with Crippen LogP contribution >= 0.6 is 12.2 Å². The summed E-state index contributed by atoms with van der Waals surface area (Å²) in [5.41, 5.74) is 6.02. The van der Waals surface area contributed by atoms with E-state index in [9.17, 15) is 0 Å². The summed E-state index contributed by atoms with van der Waals surface area (Å²) < 4.78 is 0. The van der Waals surface area contributed by atoms with Crippen molar-refractivity contribution in [2.45, 2.75) is 27.2 Å². The first-order valence-electron chi connectivity index (χ1n) is 5.28. The molecular weight excluding hydrogens is 218 g/mol. The van der Waals surface area contributed by atoms with Crippen LogP contribution in [0.25, 0.3) is 0 Å². The van der Waals surface area contributed by atoms with Gasteiger partial charge in [-0.1, -0.05) is 24.6 Å². The first-order valence-corrected chi connectivity index (χ1v) is 5.69. The first kappa shape index (κ1) is 12.6. The van der Waals surface area contributed by atoms with Gasteiger partial charge in [-0.15, -0.1) is 0 Å². The summed E-state index contributed by atoms with van der Waals surface area (Å²) >= 11 is 5.11. The molecule has 0 fully saturated rings. The third-order valence-corrected chi connectivity index (χ3v) is 2.36. The quantitative estimate of drug-likeness (QED) is 0.480. The second kappa shape index (κ2) is 6.23. The second-order valence-corrected chi connectivity index (χ2v) is 4.04. The molecule has 3 nitrogen and oxygen atoms in total. The van der Waals surface area contributed by atoms with E-state index in [2.05, 4.69) is 29.7 Å². The highest BCUT2D eigenvalue weighted by atomic mass is 32.1. The Labute approximate surface area is 102 Å². The number of nitrogens with one attached hydrogen (secondary N) is 2. The van der Waals surface area contributed by atoms with Gasteiger partial charge in [-0.3, -0.25) is 5.43 Å². The molecule has 0 aliphatic rings. The van der Waals surface area contributed by atoms with E-state index in [-0.39, 0.29) is 0 Å². The third-order valence-electron chi connectivity index (χ3n) is 2.17. The van der Waals surface area contributed by atoms with Gasteiger partial charge in [0.05, 0.1) is 0 Å². The lowest BCUT2D eigenvalue weighted by Crippen LogP contribution is -2.24. The van der Waals surface area contributed by atoms with Gasteiger partial charge in [-0.25, -0.2) is 0 Å². The zero-order chi connectivity index (χ0) is 12.0. The van der Waals surface area contributed by atoms with E-state index in [0.717, 1.165) is 17.8 Å². The number of hydrogen-bond donors (Lipinski definition) is 2. The van der Waals surface area contributed by atoms with E-state index in [4.69, 9.17) is 12.2 Å². The lowest BCUT2D eigenvalue weighted by Gasteiger charge is -2.07. The minimum Gasteiger partial charge on any atom is -0.331 e. The fraction of sp³-hybridized carbons (Fsp3) is 0.333. The van der Waals surface area contributed by atoms with Crippen LogP contribution in [0.15, 0.2) is 29.4 Å². The monoisotopic (exact) mass is 235 g/mol. The van der Waals surface area contributed by atoms with Gasteiger partial charge in [0.1, 0.15) is 0 Å². The molecule has 0 aliphatic carbocycles. The molecule has 0 radical (unpaired) electrons. The summed E-state index contributed by atoms with van der Waals surface area (Å²) in [5, 5.41) is 7.69. The van der Waals surface area contributed by atoms with Gasteiger partial charge in [0.15, 0.2) is 5.11 Å². The highest BCUT2D eigenvalue weighted by Crippen LogP contribution is 2.07. The van der Waals surface area contributed by atoms with E-state index in [1.165, 1.54) is 5.56 Å². The van der Waals surface area contributed by atoms with Gasteiger partial charge < -0.3 is 5.32 Å². The van der Waals surface area contributed by atoms with Crippen LogP contribution in [0.5, 0.6) is 0 Å². The standard InChI is InChI=1S/C12H17N3S/c1-4-10(3)14-15-12(16)13-11-7-5-9(2)6-8-11/h5-8H,4H2,1-3H3,(H2,13,15,16)/b14-10+. The molecule has 0 amide bonds. The molecule has 1 rings (SSSR count). The topological polar surface area (TPSA) is 36.4 Å². The maximum absolute atomic E-state index is 5.11. The molecule has 2 N–H and O–H groups in total. The highest BCUT2D eigenvalue weighted by molar-refractivity contribution is 7.80. The number of nitrogens with zero attached hydrogens (tertiary/aromatic N) is 1. The molecule has 0 saturated heterocycles. The number of hydrazone groups is 1. The summed E-state index contributed by atoms with van der Waals surface area (Å²) in [5.74, 6) is 0. The predicted octanol–water partition coefficient (Wildman–Crippen LogP) is 3.07. The van der Waals surface area contributed by atoms with Gasteiger partial charge >= 0.3 is 0 Å². The summed E-state index contributed by atoms with van der Waals surface area (Å²) in [6.07, 6.45) is 0.917. The van der Waals surface area contributed by atoms with Gasteiger partial charge in [-0.05, 0) is 44.6 Å². The number of rotatable bonds is 3. The van der Waals surface area contributed by atoms with Crippen molar-refractivity contribution in [3.8, 4) is 0 Å². The maximum Gasteiger partial charge on any atom is 0.191 e. The largest absolute Gasteiger partial charge is 0.331 e. The number of thiocarbonyl (C=S) groups is 1. The number of aryl methyl sites for hydroxylation is 1. The molecule has 0 aliphatic heterocycles. The SMILES string of the molecule is CC/C(C)=N/NC(=S)Nc1ccc(C)cc1. The summed E-state index contributed by atoms with van der Waals surface area (Å²) in [6.45, 7) is 6.06. The average molecular weight is 235 g/mol. The van der Waals surface area contributed by atoms with Crippen LogP contribution in [-0.2, 0) is 0 Å². The number of hydrogen-bond acceptors (Lipinski definition) is 2. The molecule has 86 valence electrons. The predicted molar refractivity (Wildman–Crippen MR) is 73.9 cm³/mol. The minimum atomic E-state index is 0.511. The Morgan fingerprint density at radius 3 is 2.50 bits per heavy atom. The van der Waals surface area contributed by atoms with Crippen molar-refractivity contribution < 1.29 is 0 Å². The van der Waals surface area contributed by atoms with Crippen molar-refractivity contribution >= 4 is 28.7 Å². The van der Waals surface area contributed by atoms with Crippen molar-refractivity contribution in [2.75, 3.05) is 5.32 Å². The van der Waals surface area contributed by atoms with Gasteiger partial charge in [0.2, 0.25) is 0 Å². The Balaban J connectivity index is 2.49. The molecule has 4 heteroatoms. The van der Waals surface area contributed by atoms with Crippen LogP contribution in [0.2, 0.25) is 0 Å². The Kier molecular flexibility index (Phi) is 4.92. The molecule has 0 spiro atoms. The molecule has 16 heavy (non-hydrogen) atoms. The molecule has 0 aromatic heterocycles. The first-order chi connectivity index (χ1) is 7.61. The number of benzene rings is 1. The van der Waals surface area contributed by atoms with Crippen molar-refractivity contribution in [2.24, 2.45) is 5.10 Å². The smallest absolute Gasteiger partial charge is 0.191 e. The molecule has 0 saturated carbocycles. The summed E-state index contributed by atoms with van der Waals surface area (Å²) in [7, 11) is 0. The van der Waals surface area contributed by atoms with E-state index in [0.29, 0.717) is 5.11 Å². The Morgan fingerprint density at radius 1 is 1.31 bits per heavy atom. The Bertz CT molecular complexity index is 382. The normalized spacial score (nSPS) is 11.1. The molecule has 0 heterocycles. The van der Waals surface area contributed by atoms with E-state index in [1.54, 1.807) is 0 Å². The molecular formula is C12H17N3S. The molecule has 0 bridgehead atoms. The second-order valence-electron chi connectivity index (χ2n) is 3.63. The van der Waals surface area contributed by atoms with E-state index in [1.807, 2.05) is 31.2 Å². The van der Waals surface area contributed by atoms with Gasteiger partial charge in [0, 0.05) is 11.4 Å². The van der Waals surface area contributed by atoms with Crippen LogP contribution in [0.1, 0.15) is 25.8 Å². The van der Waals surface area contributed by atoms with E-state index < -0.39 is 0 Å². The Morgan fingerprint density at radius 2 is 1.94 bits per heavy atom. The molecule has 0 unspecified atom stereocenters. The van der Waals surface area contributed by atoms with Crippen molar-refractivity contribution in [1.29, 1.82) is 0 Å². The van der Waals surface area contributed by atoms with Crippen molar-refractivity contribution in [3.63, 3.8) is 0 Å². The van der Waals surface area contributed by atoms with Crippen LogP contribution in [0.3, 0.4) is 0 Å². The van der Waals surface area contributed by atoms with Gasteiger partial charge in [0.25, 0.3) is 0 Å². The fourth-order valence-electron chi connectivity index (χ4n) is 1.02. The van der Waals surface area contributed by atoms with Gasteiger partial charge in [-0.2, -0.15) is 5.10 Å². The Hall–Kier alpha value is -1.42. The minimum absolute atomic E-state index is 0.511. The summed E-state index contributed by atoms with van der Waals surface area (Å²) in [4.78, 5) is 0. The van der Waals surface area contributed by atoms with Crippen LogP contribution in [-0.4, -0.2) is 10.8 Å². The summed E-state index contributed by atoms with van der Waals surface area (Å²) in [6, 6.07) is 8.04. The maximum atomic E-state index is 5.11. The lowest BCUT2D eigenvalue weighted by atomic mass is 10.2. The van der Waals surface area contributed by atoms with Crippen LogP contribution < -0.4 is 10.7 Å². The van der Waals surface area contributed by atoms with Crippen LogP contribution in [0, 0.1) is 6.92 Å². The zero-order valence-electron chi connectivity index (χ0n) is 9.87. The fourth-order valence-corrected chi connectivity index (χ4v) is 1.18. The number of anilines is 1. The average Bonchev–Trinajstić information content (AvgIpc) is 2.29. The molecule has 1 aromatic carbocycles.